The maximum Gasteiger partial charge on any atom is 0.254 e. The van der Waals surface area contributed by atoms with Crippen LogP contribution in [-0.2, 0) is 0 Å². The number of halogens is 2. The third-order valence-corrected chi connectivity index (χ3v) is 2.18. The summed E-state index contributed by atoms with van der Waals surface area (Å²) in [7, 11) is 0. The third-order valence-electron chi connectivity index (χ3n) is 1.71. The molecule has 0 bridgehead atoms. The molecule has 1 rings (SSSR count). The molecule has 0 radical (unpaired) electrons. The lowest BCUT2D eigenvalue weighted by Gasteiger charge is -2.04. The number of rotatable bonds is 4. The average molecular weight is 259 g/mol. The predicted molar refractivity (Wildman–Crippen MR) is 59.2 cm³/mol. The molecule has 16 heavy (non-hydrogen) atoms. The highest BCUT2D eigenvalue weighted by Gasteiger charge is 2.12. The molecule has 0 unspecified atom stereocenters. The van der Waals surface area contributed by atoms with Gasteiger partial charge >= 0.3 is 0 Å². The quantitative estimate of drug-likeness (QED) is 0.836. The van der Waals surface area contributed by atoms with E-state index in [4.69, 9.17) is 28.5 Å². The molecule has 0 aliphatic rings. The molecule has 0 spiro atoms. The first-order chi connectivity index (χ1) is 7.65. The Morgan fingerprint density at radius 2 is 2.25 bits per heavy atom. The van der Waals surface area contributed by atoms with Gasteiger partial charge in [0.15, 0.2) is 10.3 Å². The monoisotopic (exact) mass is 258 g/mol. The van der Waals surface area contributed by atoms with Crippen LogP contribution in [0.5, 0.6) is 0 Å². The Balaban J connectivity index is 2.59. The van der Waals surface area contributed by atoms with Crippen LogP contribution in [0.25, 0.3) is 0 Å². The number of aromatic nitrogens is 2. The van der Waals surface area contributed by atoms with E-state index >= 15 is 0 Å². The van der Waals surface area contributed by atoms with Crippen molar-refractivity contribution in [3.05, 3.63) is 21.9 Å². The third kappa shape index (κ3) is 3.65. The molecule has 7 heteroatoms. The first-order valence-corrected chi connectivity index (χ1v) is 5.24. The lowest BCUT2D eigenvalue weighted by atomic mass is 10.2. The SMILES string of the molecule is N#CCCCNC(=O)c1cc(Cl)nnc1Cl. The van der Waals surface area contributed by atoms with Gasteiger partial charge in [-0.05, 0) is 12.5 Å². The highest BCUT2D eigenvalue weighted by atomic mass is 35.5. The Hall–Kier alpha value is -1.38. The van der Waals surface area contributed by atoms with Crippen molar-refractivity contribution in [1.82, 2.24) is 15.5 Å². The Bertz CT molecular complexity index is 430. The Kier molecular flexibility index (Phi) is 4.96. The van der Waals surface area contributed by atoms with E-state index in [2.05, 4.69) is 15.5 Å². The highest BCUT2D eigenvalue weighted by molar-refractivity contribution is 6.34. The van der Waals surface area contributed by atoms with Gasteiger partial charge < -0.3 is 5.32 Å². The van der Waals surface area contributed by atoms with Crippen LogP contribution in [0.4, 0.5) is 0 Å². The summed E-state index contributed by atoms with van der Waals surface area (Å²) in [6.45, 7) is 0.405. The fraction of sp³-hybridized carbons (Fsp3) is 0.333. The van der Waals surface area contributed by atoms with Crippen molar-refractivity contribution < 1.29 is 4.79 Å². The number of nitrogens with one attached hydrogen (secondary N) is 1. The van der Waals surface area contributed by atoms with Crippen LogP contribution < -0.4 is 5.32 Å². The maximum absolute atomic E-state index is 11.6. The van der Waals surface area contributed by atoms with Gasteiger partial charge in [0, 0.05) is 13.0 Å². The standard InChI is InChI=1S/C9H8Cl2N4O/c10-7-5-6(8(11)15-14-7)9(16)13-4-2-1-3-12/h5H,1-2,4H2,(H,13,16). The summed E-state index contributed by atoms with van der Waals surface area (Å²) in [5.74, 6) is -0.375. The fourth-order valence-electron chi connectivity index (χ4n) is 0.977. The second-order valence-electron chi connectivity index (χ2n) is 2.89. The van der Waals surface area contributed by atoms with Gasteiger partial charge in [-0.25, -0.2) is 0 Å². The van der Waals surface area contributed by atoms with E-state index in [-0.39, 0.29) is 21.8 Å². The number of hydrogen-bond acceptors (Lipinski definition) is 4. The molecule has 0 fully saturated rings. The molecule has 0 saturated heterocycles. The van der Waals surface area contributed by atoms with Crippen molar-refractivity contribution in [2.75, 3.05) is 6.54 Å². The Labute approximate surface area is 102 Å². The van der Waals surface area contributed by atoms with Crippen LogP contribution in [0.3, 0.4) is 0 Å². The number of hydrogen-bond donors (Lipinski definition) is 1. The summed E-state index contributed by atoms with van der Waals surface area (Å²) in [5, 5.41) is 18.0. The first-order valence-electron chi connectivity index (χ1n) is 4.49. The van der Waals surface area contributed by atoms with Crippen LogP contribution in [-0.4, -0.2) is 22.6 Å². The van der Waals surface area contributed by atoms with Crippen LogP contribution >= 0.6 is 23.2 Å². The molecule has 0 aliphatic heterocycles. The van der Waals surface area contributed by atoms with Crippen molar-refractivity contribution >= 4 is 29.1 Å². The van der Waals surface area contributed by atoms with Gasteiger partial charge in [0.05, 0.1) is 11.6 Å². The van der Waals surface area contributed by atoms with Crippen molar-refractivity contribution in [3.63, 3.8) is 0 Å². The molecule has 1 aromatic heterocycles. The van der Waals surface area contributed by atoms with E-state index in [1.54, 1.807) is 0 Å². The number of carbonyl (C=O) groups is 1. The van der Waals surface area contributed by atoms with Crippen LogP contribution in [0.1, 0.15) is 23.2 Å². The zero-order valence-corrected chi connectivity index (χ0v) is 9.72. The first kappa shape index (κ1) is 12.7. The second-order valence-corrected chi connectivity index (χ2v) is 3.63. The van der Waals surface area contributed by atoms with Gasteiger partial charge in [-0.3, -0.25) is 4.79 Å². The molecule has 5 nitrogen and oxygen atoms in total. The van der Waals surface area contributed by atoms with E-state index in [1.807, 2.05) is 6.07 Å². The number of nitriles is 1. The van der Waals surface area contributed by atoms with E-state index < -0.39 is 0 Å². The molecule has 84 valence electrons. The molecular weight excluding hydrogens is 251 g/mol. The second kappa shape index (κ2) is 6.26. The number of amides is 1. The minimum absolute atomic E-state index is 0.00202. The zero-order chi connectivity index (χ0) is 12.0. The molecule has 0 aromatic carbocycles. The average Bonchev–Trinajstić information content (AvgIpc) is 2.27. The molecule has 1 heterocycles. The minimum Gasteiger partial charge on any atom is -0.352 e. The summed E-state index contributed by atoms with van der Waals surface area (Å²) in [4.78, 5) is 11.6. The van der Waals surface area contributed by atoms with Crippen molar-refractivity contribution in [1.29, 1.82) is 5.26 Å². The minimum atomic E-state index is -0.375. The van der Waals surface area contributed by atoms with E-state index in [1.165, 1.54) is 6.07 Å². The van der Waals surface area contributed by atoms with Gasteiger partial charge in [0.25, 0.3) is 5.91 Å². The van der Waals surface area contributed by atoms with Crippen LogP contribution in [0, 0.1) is 11.3 Å². The van der Waals surface area contributed by atoms with Crippen molar-refractivity contribution in [3.8, 4) is 6.07 Å². The van der Waals surface area contributed by atoms with Crippen LogP contribution in [0.15, 0.2) is 6.07 Å². The van der Waals surface area contributed by atoms with E-state index in [0.29, 0.717) is 19.4 Å². The van der Waals surface area contributed by atoms with Crippen molar-refractivity contribution in [2.45, 2.75) is 12.8 Å². The topological polar surface area (TPSA) is 78.7 Å². The maximum atomic E-state index is 11.6. The lowest BCUT2D eigenvalue weighted by Crippen LogP contribution is -2.25. The van der Waals surface area contributed by atoms with Gasteiger partial charge in [-0.15, -0.1) is 10.2 Å². The van der Waals surface area contributed by atoms with Gasteiger partial charge in [-0.2, -0.15) is 5.26 Å². The predicted octanol–water partition coefficient (Wildman–Crippen LogP) is 1.82. The largest absolute Gasteiger partial charge is 0.352 e. The van der Waals surface area contributed by atoms with Crippen molar-refractivity contribution in [2.24, 2.45) is 0 Å². The molecule has 0 aliphatic carbocycles. The molecular formula is C9H8Cl2N4O. The van der Waals surface area contributed by atoms with Gasteiger partial charge in [0.1, 0.15) is 0 Å². The Morgan fingerprint density at radius 3 is 2.94 bits per heavy atom. The molecule has 1 amide bonds. The van der Waals surface area contributed by atoms with E-state index in [0.717, 1.165) is 0 Å². The summed E-state index contributed by atoms with van der Waals surface area (Å²) in [5.41, 5.74) is 0.179. The van der Waals surface area contributed by atoms with Gasteiger partial charge in [0.2, 0.25) is 0 Å². The zero-order valence-electron chi connectivity index (χ0n) is 8.20. The highest BCUT2D eigenvalue weighted by Crippen LogP contribution is 2.14. The van der Waals surface area contributed by atoms with Crippen LogP contribution in [0.2, 0.25) is 10.3 Å². The molecule has 0 saturated carbocycles. The number of unbranched alkanes of at least 4 members (excludes halogenated alkanes) is 1. The van der Waals surface area contributed by atoms with E-state index in [9.17, 15) is 4.79 Å². The summed E-state index contributed by atoms with van der Waals surface area (Å²) >= 11 is 11.3. The molecule has 1 aromatic rings. The summed E-state index contributed by atoms with van der Waals surface area (Å²) < 4.78 is 0. The van der Waals surface area contributed by atoms with Gasteiger partial charge in [-0.1, -0.05) is 23.2 Å². The molecule has 0 atom stereocenters. The molecule has 1 N–H and O–H groups in total. The number of carbonyl (C=O) groups excluding carboxylic acids is 1. The summed E-state index contributed by atoms with van der Waals surface area (Å²) in [6, 6.07) is 3.32. The Morgan fingerprint density at radius 1 is 1.50 bits per heavy atom. The normalized spacial score (nSPS) is 9.56. The fourth-order valence-corrected chi connectivity index (χ4v) is 1.30. The number of nitrogens with zero attached hydrogens (tertiary/aromatic N) is 3. The smallest absolute Gasteiger partial charge is 0.254 e. The summed E-state index contributed by atoms with van der Waals surface area (Å²) in [6.07, 6.45) is 0.982. The lowest BCUT2D eigenvalue weighted by molar-refractivity contribution is 0.0953.